The molecule has 0 saturated carbocycles. The van der Waals surface area contributed by atoms with Crippen LogP contribution < -0.4 is 5.73 Å². The van der Waals surface area contributed by atoms with Gasteiger partial charge in [0.25, 0.3) is 0 Å². The van der Waals surface area contributed by atoms with Gasteiger partial charge in [0.05, 0.1) is 12.7 Å². The quantitative estimate of drug-likeness (QED) is 0.876. The van der Waals surface area contributed by atoms with E-state index in [1.54, 1.807) is 0 Å². The van der Waals surface area contributed by atoms with Crippen LogP contribution in [0.5, 0.6) is 0 Å². The van der Waals surface area contributed by atoms with E-state index in [0.717, 1.165) is 38.0 Å². The minimum atomic E-state index is -0.339. The summed E-state index contributed by atoms with van der Waals surface area (Å²) in [6.45, 7) is 5.02. The fourth-order valence-electron chi connectivity index (χ4n) is 3.18. The van der Waals surface area contributed by atoms with Crippen LogP contribution in [0.1, 0.15) is 31.9 Å². The van der Waals surface area contributed by atoms with Crippen LogP contribution in [0.25, 0.3) is 0 Å². The van der Waals surface area contributed by atoms with E-state index in [1.807, 2.05) is 6.92 Å². The lowest BCUT2D eigenvalue weighted by Crippen LogP contribution is -2.32. The largest absolute Gasteiger partial charge is 0.465 e. The maximum Gasteiger partial charge on any atom is 0.341 e. The Kier molecular flexibility index (Phi) is 4.68. The molecule has 122 valence electrons. The van der Waals surface area contributed by atoms with Crippen molar-refractivity contribution in [2.24, 2.45) is 0 Å². The molecule has 2 aromatic rings. The SMILES string of the molecule is COC(=O)c1c(N)sc(CCN2CCc3ccccc3C2)c1C. The Morgan fingerprint density at radius 2 is 2.09 bits per heavy atom. The molecule has 0 fully saturated rings. The monoisotopic (exact) mass is 330 g/mol. The first-order chi connectivity index (χ1) is 11.1. The molecule has 0 radical (unpaired) electrons. The fourth-order valence-corrected chi connectivity index (χ4v) is 4.24. The van der Waals surface area contributed by atoms with E-state index < -0.39 is 0 Å². The van der Waals surface area contributed by atoms with Crippen molar-refractivity contribution in [3.63, 3.8) is 0 Å². The summed E-state index contributed by atoms with van der Waals surface area (Å²) in [5, 5.41) is 0.563. The van der Waals surface area contributed by atoms with Gasteiger partial charge in [0.2, 0.25) is 0 Å². The predicted octanol–water partition coefficient (Wildman–Crippen LogP) is 3.03. The van der Waals surface area contributed by atoms with Crippen LogP contribution in [0, 0.1) is 6.92 Å². The summed E-state index contributed by atoms with van der Waals surface area (Å²) in [5.41, 5.74) is 10.4. The number of hydrogen-bond donors (Lipinski definition) is 1. The standard InChI is InChI=1S/C18H22N2O2S/c1-12-15(23-17(19)16(12)18(21)22-2)8-10-20-9-7-13-5-3-4-6-14(13)11-20/h3-6H,7-11,19H2,1-2H3. The van der Waals surface area contributed by atoms with Crippen molar-refractivity contribution in [2.45, 2.75) is 26.3 Å². The molecule has 1 aliphatic heterocycles. The molecule has 0 aliphatic carbocycles. The number of nitrogen functional groups attached to an aromatic ring is 1. The summed E-state index contributed by atoms with van der Waals surface area (Å²) in [6.07, 6.45) is 2.02. The number of esters is 1. The first kappa shape index (κ1) is 16.0. The number of carbonyl (C=O) groups excluding carboxylic acids is 1. The molecule has 0 bridgehead atoms. The molecule has 1 aliphatic rings. The van der Waals surface area contributed by atoms with Gasteiger partial charge in [0.1, 0.15) is 5.00 Å². The number of carbonyl (C=O) groups is 1. The summed E-state index contributed by atoms with van der Waals surface area (Å²) in [5.74, 6) is -0.339. The molecule has 0 amide bonds. The zero-order valence-electron chi connectivity index (χ0n) is 13.6. The van der Waals surface area contributed by atoms with Gasteiger partial charge in [-0.3, -0.25) is 4.90 Å². The maximum absolute atomic E-state index is 11.8. The highest BCUT2D eigenvalue weighted by Crippen LogP contribution is 2.31. The second kappa shape index (κ2) is 6.72. The van der Waals surface area contributed by atoms with E-state index in [0.29, 0.717) is 10.6 Å². The van der Waals surface area contributed by atoms with E-state index in [1.165, 1.54) is 34.5 Å². The number of fused-ring (bicyclic) bond motifs is 1. The van der Waals surface area contributed by atoms with Crippen molar-refractivity contribution >= 4 is 22.3 Å². The first-order valence-electron chi connectivity index (χ1n) is 7.85. The van der Waals surface area contributed by atoms with E-state index >= 15 is 0 Å². The third-order valence-corrected chi connectivity index (χ3v) is 5.71. The summed E-state index contributed by atoms with van der Waals surface area (Å²) >= 11 is 1.51. The normalized spacial score (nSPS) is 14.5. The molecule has 2 N–H and O–H groups in total. The predicted molar refractivity (Wildman–Crippen MR) is 93.9 cm³/mol. The van der Waals surface area contributed by atoms with Gasteiger partial charge in [-0.2, -0.15) is 0 Å². The van der Waals surface area contributed by atoms with E-state index in [2.05, 4.69) is 29.2 Å². The molecule has 5 heteroatoms. The highest BCUT2D eigenvalue weighted by Gasteiger charge is 2.21. The molecule has 0 spiro atoms. The molecule has 0 saturated heterocycles. The second-order valence-electron chi connectivity index (χ2n) is 5.93. The number of benzene rings is 1. The van der Waals surface area contributed by atoms with E-state index in [9.17, 15) is 4.79 Å². The molecular weight excluding hydrogens is 308 g/mol. The minimum absolute atomic E-state index is 0.339. The Labute approximate surface area is 140 Å². The lowest BCUT2D eigenvalue weighted by atomic mass is 10.00. The van der Waals surface area contributed by atoms with Crippen LogP contribution in [0.3, 0.4) is 0 Å². The third kappa shape index (κ3) is 3.26. The van der Waals surface area contributed by atoms with Crippen LogP contribution >= 0.6 is 11.3 Å². The number of nitrogens with two attached hydrogens (primary N) is 1. The number of methoxy groups -OCH3 is 1. The Hall–Kier alpha value is -1.85. The lowest BCUT2D eigenvalue weighted by Gasteiger charge is -2.28. The third-order valence-electron chi connectivity index (χ3n) is 4.53. The van der Waals surface area contributed by atoms with Crippen molar-refractivity contribution in [3.8, 4) is 0 Å². The molecular formula is C18H22N2O2S. The van der Waals surface area contributed by atoms with Crippen LogP contribution in [-0.4, -0.2) is 31.1 Å². The van der Waals surface area contributed by atoms with E-state index in [-0.39, 0.29) is 5.97 Å². The second-order valence-corrected chi connectivity index (χ2v) is 7.06. The molecule has 1 aromatic carbocycles. The zero-order valence-corrected chi connectivity index (χ0v) is 14.4. The van der Waals surface area contributed by atoms with Gasteiger partial charge in [-0.15, -0.1) is 11.3 Å². The van der Waals surface area contributed by atoms with Crippen molar-refractivity contribution in [3.05, 3.63) is 51.4 Å². The van der Waals surface area contributed by atoms with Gasteiger partial charge in [-0.05, 0) is 36.5 Å². The van der Waals surface area contributed by atoms with Crippen molar-refractivity contribution in [1.29, 1.82) is 0 Å². The van der Waals surface area contributed by atoms with Gasteiger partial charge in [-0.25, -0.2) is 4.79 Å². The van der Waals surface area contributed by atoms with E-state index in [4.69, 9.17) is 10.5 Å². The number of thiophene rings is 1. The number of nitrogens with zero attached hydrogens (tertiary/aromatic N) is 1. The number of hydrogen-bond acceptors (Lipinski definition) is 5. The van der Waals surface area contributed by atoms with Crippen LogP contribution in [0.4, 0.5) is 5.00 Å². The van der Waals surface area contributed by atoms with Gasteiger partial charge in [-0.1, -0.05) is 24.3 Å². The maximum atomic E-state index is 11.8. The molecule has 3 rings (SSSR count). The Balaban J connectivity index is 1.67. The first-order valence-corrected chi connectivity index (χ1v) is 8.67. The number of ether oxygens (including phenoxy) is 1. The number of rotatable bonds is 4. The minimum Gasteiger partial charge on any atom is -0.465 e. The van der Waals surface area contributed by atoms with Gasteiger partial charge in [0, 0.05) is 24.5 Å². The molecule has 1 aromatic heterocycles. The van der Waals surface area contributed by atoms with Crippen molar-refractivity contribution in [2.75, 3.05) is 25.9 Å². The molecule has 0 unspecified atom stereocenters. The Morgan fingerprint density at radius 1 is 1.35 bits per heavy atom. The van der Waals surface area contributed by atoms with Gasteiger partial charge >= 0.3 is 5.97 Å². The van der Waals surface area contributed by atoms with Crippen LogP contribution in [-0.2, 0) is 24.1 Å². The Bertz CT molecular complexity index is 724. The van der Waals surface area contributed by atoms with Crippen molar-refractivity contribution < 1.29 is 9.53 Å². The summed E-state index contributed by atoms with van der Waals surface area (Å²) < 4.78 is 4.82. The van der Waals surface area contributed by atoms with Gasteiger partial charge in [0.15, 0.2) is 0 Å². The molecule has 23 heavy (non-hydrogen) atoms. The average Bonchev–Trinajstić information content (AvgIpc) is 2.86. The molecule has 0 atom stereocenters. The lowest BCUT2D eigenvalue weighted by molar-refractivity contribution is 0.0601. The fraction of sp³-hybridized carbons (Fsp3) is 0.389. The molecule has 2 heterocycles. The molecule has 4 nitrogen and oxygen atoms in total. The van der Waals surface area contributed by atoms with Crippen LogP contribution in [0.15, 0.2) is 24.3 Å². The highest BCUT2D eigenvalue weighted by atomic mass is 32.1. The summed E-state index contributed by atoms with van der Waals surface area (Å²) in [6, 6.07) is 8.65. The zero-order chi connectivity index (χ0) is 16.4. The topological polar surface area (TPSA) is 55.6 Å². The average molecular weight is 330 g/mol. The number of anilines is 1. The van der Waals surface area contributed by atoms with Crippen LogP contribution in [0.2, 0.25) is 0 Å². The summed E-state index contributed by atoms with van der Waals surface area (Å²) in [7, 11) is 1.39. The Morgan fingerprint density at radius 3 is 2.83 bits per heavy atom. The summed E-state index contributed by atoms with van der Waals surface area (Å²) in [4.78, 5) is 15.5. The smallest absolute Gasteiger partial charge is 0.341 e. The highest BCUT2D eigenvalue weighted by molar-refractivity contribution is 7.16. The van der Waals surface area contributed by atoms with Gasteiger partial charge < -0.3 is 10.5 Å². The van der Waals surface area contributed by atoms with Crippen molar-refractivity contribution in [1.82, 2.24) is 4.90 Å².